The van der Waals surface area contributed by atoms with Crippen LogP contribution in [0.4, 0.5) is 4.39 Å². The molecule has 142 valence electrons. The topological polar surface area (TPSA) is 64.8 Å². The summed E-state index contributed by atoms with van der Waals surface area (Å²) in [5.74, 6) is -0.352. The molecule has 1 amide bonds. The number of rotatable bonds is 7. The Morgan fingerprint density at radius 2 is 2.15 bits per heavy atom. The van der Waals surface area contributed by atoms with E-state index in [1.54, 1.807) is 13.2 Å². The maximum atomic E-state index is 14.3. The Hall–Kier alpha value is -1.54. The van der Waals surface area contributed by atoms with Crippen molar-refractivity contribution >= 4 is 27.3 Å². The Morgan fingerprint density at radius 3 is 2.85 bits per heavy atom. The third-order valence-corrected chi connectivity index (χ3v) is 5.86. The molecule has 0 aliphatic carbocycles. The molecule has 5 nitrogen and oxygen atoms in total. The Balaban J connectivity index is 1.74. The van der Waals surface area contributed by atoms with E-state index in [9.17, 15) is 9.18 Å². The summed E-state index contributed by atoms with van der Waals surface area (Å²) in [6.45, 7) is 2.82. The fourth-order valence-electron chi connectivity index (χ4n) is 3.32. The van der Waals surface area contributed by atoms with Gasteiger partial charge in [0.1, 0.15) is 5.82 Å². The van der Waals surface area contributed by atoms with Crippen molar-refractivity contribution in [1.29, 1.82) is 0 Å². The van der Waals surface area contributed by atoms with E-state index in [2.05, 4.69) is 0 Å². The second kappa shape index (κ2) is 8.90. The highest BCUT2D eigenvalue weighted by atomic mass is 32.1. The predicted octanol–water partition coefficient (Wildman–Crippen LogP) is 3.16. The van der Waals surface area contributed by atoms with Crippen molar-refractivity contribution < 1.29 is 18.7 Å². The molecule has 1 saturated heterocycles. The molecule has 1 aliphatic heterocycles. The van der Waals surface area contributed by atoms with E-state index in [1.807, 2.05) is 11.0 Å². The number of likely N-dealkylation sites (tertiary alicyclic amines) is 1. The zero-order valence-electron chi connectivity index (χ0n) is 15.0. The van der Waals surface area contributed by atoms with Gasteiger partial charge in [-0.25, -0.2) is 4.39 Å². The molecule has 1 aromatic carbocycles. The summed E-state index contributed by atoms with van der Waals surface area (Å²) in [6.07, 6.45) is 2.67. The summed E-state index contributed by atoms with van der Waals surface area (Å²) in [6, 6.07) is 4.94. The summed E-state index contributed by atoms with van der Waals surface area (Å²) in [7, 11) is 1.56. The van der Waals surface area contributed by atoms with Crippen LogP contribution in [0.2, 0.25) is 0 Å². The van der Waals surface area contributed by atoms with Crippen molar-refractivity contribution in [3.8, 4) is 0 Å². The average molecular weight is 380 g/mol. The second-order valence-corrected chi connectivity index (χ2v) is 7.51. The summed E-state index contributed by atoms with van der Waals surface area (Å²) < 4.78 is 26.1. The zero-order chi connectivity index (χ0) is 18.5. The molecular weight excluding hydrogens is 355 g/mol. The average Bonchev–Trinajstić information content (AvgIpc) is 3.02. The van der Waals surface area contributed by atoms with Gasteiger partial charge in [-0.3, -0.25) is 4.79 Å². The number of nitrogens with two attached hydrogens (primary N) is 1. The normalized spacial score (nSPS) is 15.7. The number of carbonyl (C=O) groups is 1. The number of nitrogens with zero attached hydrogens (tertiary/aromatic N) is 1. The lowest BCUT2D eigenvalue weighted by molar-refractivity contribution is 0.00851. The van der Waals surface area contributed by atoms with Gasteiger partial charge in [0.2, 0.25) is 0 Å². The Bertz CT molecular complexity index is 757. The lowest BCUT2D eigenvalue weighted by Gasteiger charge is -2.32. The van der Waals surface area contributed by atoms with Crippen LogP contribution < -0.4 is 5.73 Å². The zero-order valence-corrected chi connectivity index (χ0v) is 15.8. The molecule has 0 spiro atoms. The Morgan fingerprint density at radius 1 is 1.38 bits per heavy atom. The van der Waals surface area contributed by atoms with Gasteiger partial charge in [0.25, 0.3) is 5.91 Å². The van der Waals surface area contributed by atoms with Gasteiger partial charge >= 0.3 is 0 Å². The molecular formula is C19H25FN2O3S. The lowest BCUT2D eigenvalue weighted by atomic mass is 10.1. The van der Waals surface area contributed by atoms with E-state index < -0.39 is 0 Å². The van der Waals surface area contributed by atoms with Crippen LogP contribution in [0.15, 0.2) is 18.2 Å². The highest BCUT2D eigenvalue weighted by molar-refractivity contribution is 7.21. The number of amides is 1. The molecule has 0 unspecified atom stereocenters. The minimum atomic E-state index is -0.308. The van der Waals surface area contributed by atoms with Crippen molar-refractivity contribution in [3.05, 3.63) is 34.5 Å². The summed E-state index contributed by atoms with van der Waals surface area (Å²) in [5.41, 5.74) is 6.13. The van der Waals surface area contributed by atoms with Crippen LogP contribution in [0.25, 0.3) is 10.1 Å². The lowest BCUT2D eigenvalue weighted by Crippen LogP contribution is -2.41. The fourth-order valence-corrected chi connectivity index (χ4v) is 4.51. The van der Waals surface area contributed by atoms with Gasteiger partial charge in [0.05, 0.1) is 17.6 Å². The van der Waals surface area contributed by atoms with Crippen LogP contribution in [-0.2, 0) is 16.1 Å². The van der Waals surface area contributed by atoms with E-state index in [4.69, 9.17) is 15.2 Å². The number of thiophene rings is 1. The standard InChI is InChI=1S/C19H25FN2O3S/c1-24-12-14-17-15(20)4-2-5-16(17)26-18(14)19(23)22-9-6-13(7-10-22)25-11-3-8-21/h2,4-5,13H,3,6-12,21H2,1H3. The Kier molecular flexibility index (Phi) is 6.58. The summed E-state index contributed by atoms with van der Waals surface area (Å²) >= 11 is 1.34. The van der Waals surface area contributed by atoms with Crippen molar-refractivity contribution in [2.75, 3.05) is 33.4 Å². The number of piperidine rings is 1. The summed E-state index contributed by atoms with van der Waals surface area (Å²) in [4.78, 5) is 15.5. The molecule has 3 rings (SSSR count). The number of carbonyl (C=O) groups excluding carboxylic acids is 1. The first kappa shape index (κ1) is 19.2. The van der Waals surface area contributed by atoms with E-state index in [1.165, 1.54) is 17.4 Å². The maximum Gasteiger partial charge on any atom is 0.264 e. The van der Waals surface area contributed by atoms with E-state index in [0.29, 0.717) is 42.1 Å². The number of fused-ring (bicyclic) bond motifs is 1. The predicted molar refractivity (Wildman–Crippen MR) is 101 cm³/mol. The third-order valence-electron chi connectivity index (χ3n) is 4.68. The van der Waals surface area contributed by atoms with Gasteiger partial charge in [-0.2, -0.15) is 0 Å². The molecule has 2 N–H and O–H groups in total. The van der Waals surface area contributed by atoms with Crippen molar-refractivity contribution in [2.24, 2.45) is 5.73 Å². The summed E-state index contributed by atoms with van der Waals surface area (Å²) in [5, 5.41) is 0.503. The number of ether oxygens (including phenoxy) is 2. The second-order valence-electron chi connectivity index (χ2n) is 6.46. The molecule has 1 fully saturated rings. The molecule has 1 aromatic heterocycles. The van der Waals surface area contributed by atoms with Gasteiger partial charge in [-0.05, 0) is 37.9 Å². The smallest absolute Gasteiger partial charge is 0.264 e. The van der Waals surface area contributed by atoms with Crippen LogP contribution in [-0.4, -0.2) is 50.3 Å². The number of halogens is 1. The van der Waals surface area contributed by atoms with Crippen molar-refractivity contribution in [1.82, 2.24) is 4.90 Å². The third kappa shape index (κ3) is 4.06. The van der Waals surface area contributed by atoms with Gasteiger partial charge < -0.3 is 20.1 Å². The first-order valence-electron chi connectivity index (χ1n) is 8.95. The largest absolute Gasteiger partial charge is 0.380 e. The van der Waals surface area contributed by atoms with Crippen molar-refractivity contribution in [3.63, 3.8) is 0 Å². The molecule has 2 aromatic rings. The number of hydrogen-bond donors (Lipinski definition) is 1. The van der Waals surface area contributed by atoms with Crippen LogP contribution in [0.3, 0.4) is 0 Å². The van der Waals surface area contributed by atoms with Gasteiger partial charge in [-0.15, -0.1) is 11.3 Å². The molecule has 0 bridgehead atoms. The number of benzene rings is 1. The first-order chi connectivity index (χ1) is 12.7. The molecule has 2 heterocycles. The number of hydrogen-bond acceptors (Lipinski definition) is 5. The fraction of sp³-hybridized carbons (Fsp3) is 0.526. The molecule has 0 atom stereocenters. The molecule has 7 heteroatoms. The van der Waals surface area contributed by atoms with E-state index in [0.717, 1.165) is 24.0 Å². The van der Waals surface area contributed by atoms with E-state index >= 15 is 0 Å². The number of methoxy groups -OCH3 is 1. The maximum absolute atomic E-state index is 14.3. The van der Waals surface area contributed by atoms with Crippen LogP contribution in [0.1, 0.15) is 34.5 Å². The van der Waals surface area contributed by atoms with Crippen molar-refractivity contribution in [2.45, 2.75) is 32.0 Å². The first-order valence-corrected chi connectivity index (χ1v) is 9.77. The van der Waals surface area contributed by atoms with Crippen LogP contribution >= 0.6 is 11.3 Å². The van der Waals surface area contributed by atoms with E-state index in [-0.39, 0.29) is 24.4 Å². The Labute approximate surface area is 156 Å². The van der Waals surface area contributed by atoms with Gasteiger partial charge in [0, 0.05) is 42.5 Å². The highest BCUT2D eigenvalue weighted by Crippen LogP contribution is 2.35. The minimum Gasteiger partial charge on any atom is -0.380 e. The molecule has 1 aliphatic rings. The molecule has 26 heavy (non-hydrogen) atoms. The molecule has 0 radical (unpaired) electrons. The quantitative estimate of drug-likeness (QED) is 0.750. The highest BCUT2D eigenvalue weighted by Gasteiger charge is 2.28. The van der Waals surface area contributed by atoms with Crippen LogP contribution in [0, 0.1) is 5.82 Å². The minimum absolute atomic E-state index is 0.0435. The monoisotopic (exact) mass is 380 g/mol. The van der Waals surface area contributed by atoms with Gasteiger partial charge in [-0.1, -0.05) is 6.07 Å². The molecule has 0 saturated carbocycles. The SMILES string of the molecule is COCc1c(C(=O)N2CCC(OCCCN)CC2)sc2cccc(F)c12. The van der Waals surface area contributed by atoms with Crippen LogP contribution in [0.5, 0.6) is 0 Å². The van der Waals surface area contributed by atoms with Gasteiger partial charge in [0.15, 0.2) is 0 Å².